The highest BCUT2D eigenvalue weighted by Crippen LogP contribution is 2.30. The van der Waals surface area contributed by atoms with Crippen LogP contribution in [0.25, 0.3) is 0 Å². The van der Waals surface area contributed by atoms with Gasteiger partial charge in [-0.05, 0) is 37.5 Å². The zero-order chi connectivity index (χ0) is 25.6. The van der Waals surface area contributed by atoms with Crippen LogP contribution in [0.1, 0.15) is 61.0 Å². The molecule has 0 aromatic heterocycles. The molecule has 3 rings (SSSR count). The van der Waals surface area contributed by atoms with Gasteiger partial charge in [0, 0.05) is 26.1 Å². The fourth-order valence-electron chi connectivity index (χ4n) is 4.11. The highest BCUT2D eigenvalue weighted by Gasteiger charge is 2.41. The first-order valence-corrected chi connectivity index (χ1v) is 13.4. The van der Waals surface area contributed by atoms with Crippen molar-refractivity contribution in [2.45, 2.75) is 63.9 Å². The van der Waals surface area contributed by atoms with Crippen LogP contribution in [0.5, 0.6) is 0 Å². The standard InChI is InChI=1S/C26H33N3O5S/c1-4-6-16-27-25(31)22(5-2)28(18-20-13-11-19(3)12-14-20)24(30)15-17-29-26(32)21-9-7-8-10-23(21)35(29,33)34/h7-14,22H,4-6,15-18H2,1-3H3,(H,27,31)/t22-/m0/s1. The minimum atomic E-state index is -4.00. The van der Waals surface area contributed by atoms with E-state index in [-0.39, 0.29) is 41.8 Å². The van der Waals surface area contributed by atoms with Gasteiger partial charge < -0.3 is 10.2 Å². The molecule has 188 valence electrons. The number of hydrogen-bond donors (Lipinski definition) is 1. The van der Waals surface area contributed by atoms with E-state index in [1.807, 2.05) is 45.0 Å². The lowest BCUT2D eigenvalue weighted by molar-refractivity contribution is -0.141. The van der Waals surface area contributed by atoms with E-state index >= 15 is 0 Å². The molecule has 0 bridgehead atoms. The van der Waals surface area contributed by atoms with Crippen LogP contribution in [-0.4, -0.2) is 54.5 Å². The van der Waals surface area contributed by atoms with E-state index in [9.17, 15) is 22.8 Å². The van der Waals surface area contributed by atoms with Crippen molar-refractivity contribution in [3.05, 3.63) is 65.2 Å². The minimum Gasteiger partial charge on any atom is -0.354 e. The highest BCUT2D eigenvalue weighted by atomic mass is 32.2. The first kappa shape index (κ1) is 26.4. The number of amides is 3. The summed E-state index contributed by atoms with van der Waals surface area (Å²) in [5, 5.41) is 2.90. The summed E-state index contributed by atoms with van der Waals surface area (Å²) in [6.07, 6.45) is 1.96. The van der Waals surface area contributed by atoms with E-state index in [2.05, 4.69) is 5.32 Å². The number of nitrogens with one attached hydrogen (secondary N) is 1. The van der Waals surface area contributed by atoms with Crippen molar-refractivity contribution in [3.8, 4) is 0 Å². The summed E-state index contributed by atoms with van der Waals surface area (Å²) in [5.41, 5.74) is 2.05. The predicted octanol–water partition coefficient (Wildman–Crippen LogP) is 3.25. The van der Waals surface area contributed by atoms with Gasteiger partial charge in [0.2, 0.25) is 11.8 Å². The largest absolute Gasteiger partial charge is 0.354 e. The maximum Gasteiger partial charge on any atom is 0.269 e. The first-order valence-electron chi connectivity index (χ1n) is 12.0. The molecule has 0 radical (unpaired) electrons. The third-order valence-corrected chi connectivity index (χ3v) is 7.97. The van der Waals surface area contributed by atoms with Crippen LogP contribution in [0.3, 0.4) is 0 Å². The monoisotopic (exact) mass is 499 g/mol. The van der Waals surface area contributed by atoms with E-state index < -0.39 is 22.0 Å². The molecule has 0 saturated heterocycles. The van der Waals surface area contributed by atoms with Gasteiger partial charge in [-0.15, -0.1) is 0 Å². The molecular formula is C26H33N3O5S. The van der Waals surface area contributed by atoms with Crippen LogP contribution < -0.4 is 5.32 Å². The van der Waals surface area contributed by atoms with Gasteiger partial charge in [-0.2, -0.15) is 0 Å². The van der Waals surface area contributed by atoms with Crippen LogP contribution >= 0.6 is 0 Å². The topological polar surface area (TPSA) is 104 Å². The van der Waals surface area contributed by atoms with E-state index in [4.69, 9.17) is 0 Å². The van der Waals surface area contributed by atoms with E-state index in [1.165, 1.54) is 17.0 Å². The third-order valence-electron chi connectivity index (χ3n) is 6.13. The van der Waals surface area contributed by atoms with Gasteiger partial charge in [-0.1, -0.05) is 62.2 Å². The average Bonchev–Trinajstić information content (AvgIpc) is 3.04. The summed E-state index contributed by atoms with van der Waals surface area (Å²) < 4.78 is 26.5. The fourth-order valence-corrected chi connectivity index (χ4v) is 5.68. The van der Waals surface area contributed by atoms with Gasteiger partial charge in [-0.25, -0.2) is 12.7 Å². The van der Waals surface area contributed by atoms with Crippen molar-refractivity contribution in [2.75, 3.05) is 13.1 Å². The number of aryl methyl sites for hydroxylation is 1. The molecule has 0 aliphatic carbocycles. The van der Waals surface area contributed by atoms with Crippen LogP contribution in [0.2, 0.25) is 0 Å². The molecule has 0 unspecified atom stereocenters. The summed E-state index contributed by atoms with van der Waals surface area (Å²) in [4.78, 5) is 40.5. The molecule has 35 heavy (non-hydrogen) atoms. The Morgan fingerprint density at radius 3 is 2.37 bits per heavy atom. The number of hydrogen-bond acceptors (Lipinski definition) is 5. The Labute approximate surface area is 207 Å². The summed E-state index contributed by atoms with van der Waals surface area (Å²) in [6.45, 7) is 6.28. The van der Waals surface area contributed by atoms with Crippen LogP contribution in [-0.2, 0) is 26.2 Å². The quantitative estimate of drug-likeness (QED) is 0.478. The summed E-state index contributed by atoms with van der Waals surface area (Å²) in [7, 11) is -4.00. The Morgan fingerprint density at radius 2 is 1.74 bits per heavy atom. The first-order chi connectivity index (χ1) is 16.7. The third kappa shape index (κ3) is 5.90. The number of rotatable bonds is 11. The SMILES string of the molecule is CCCCNC(=O)[C@H](CC)N(Cc1ccc(C)cc1)C(=O)CCN1C(=O)c2ccccc2S1(=O)=O. The second-order valence-electron chi connectivity index (χ2n) is 8.70. The molecule has 2 aromatic carbocycles. The Morgan fingerprint density at radius 1 is 1.06 bits per heavy atom. The lowest BCUT2D eigenvalue weighted by Gasteiger charge is -2.31. The van der Waals surface area contributed by atoms with Gasteiger partial charge in [0.1, 0.15) is 10.9 Å². The molecule has 8 nitrogen and oxygen atoms in total. The van der Waals surface area contributed by atoms with E-state index in [0.29, 0.717) is 13.0 Å². The normalized spacial score (nSPS) is 14.9. The molecule has 0 spiro atoms. The maximum absolute atomic E-state index is 13.4. The van der Waals surface area contributed by atoms with Gasteiger partial charge in [-0.3, -0.25) is 14.4 Å². The zero-order valence-electron chi connectivity index (χ0n) is 20.5. The smallest absolute Gasteiger partial charge is 0.269 e. The molecule has 3 amide bonds. The molecule has 2 aromatic rings. The minimum absolute atomic E-state index is 0.0457. The van der Waals surface area contributed by atoms with Gasteiger partial charge >= 0.3 is 0 Å². The Hall–Kier alpha value is -3.20. The van der Waals surface area contributed by atoms with Crippen LogP contribution in [0.4, 0.5) is 0 Å². The molecule has 1 aliphatic rings. The molecular weight excluding hydrogens is 466 g/mol. The number of nitrogens with zero attached hydrogens (tertiary/aromatic N) is 2. The lowest BCUT2D eigenvalue weighted by Crippen LogP contribution is -2.49. The van der Waals surface area contributed by atoms with Crippen molar-refractivity contribution in [1.29, 1.82) is 0 Å². The van der Waals surface area contributed by atoms with E-state index in [0.717, 1.165) is 28.3 Å². The summed E-state index contributed by atoms with van der Waals surface area (Å²) in [6, 6.07) is 13.0. The molecule has 9 heteroatoms. The van der Waals surface area contributed by atoms with E-state index in [1.54, 1.807) is 12.1 Å². The highest BCUT2D eigenvalue weighted by molar-refractivity contribution is 7.90. The predicted molar refractivity (Wildman–Crippen MR) is 133 cm³/mol. The van der Waals surface area contributed by atoms with Crippen LogP contribution in [0.15, 0.2) is 53.4 Å². The average molecular weight is 500 g/mol. The number of benzene rings is 2. The van der Waals surface area contributed by atoms with Gasteiger partial charge in [0.05, 0.1) is 5.56 Å². The lowest BCUT2D eigenvalue weighted by atomic mass is 10.1. The number of sulfonamides is 1. The van der Waals surface area contributed by atoms with Gasteiger partial charge in [0.25, 0.3) is 15.9 Å². The van der Waals surface area contributed by atoms with Crippen molar-refractivity contribution in [3.63, 3.8) is 0 Å². The second-order valence-corrected chi connectivity index (χ2v) is 10.5. The Bertz CT molecular complexity index is 1180. The fraction of sp³-hybridized carbons (Fsp3) is 0.423. The molecule has 0 fully saturated rings. The zero-order valence-corrected chi connectivity index (χ0v) is 21.3. The van der Waals surface area contributed by atoms with Crippen molar-refractivity contribution >= 4 is 27.7 Å². The molecule has 1 heterocycles. The van der Waals surface area contributed by atoms with Gasteiger partial charge in [0.15, 0.2) is 0 Å². The number of carbonyl (C=O) groups is 3. The second kappa shape index (κ2) is 11.5. The van der Waals surface area contributed by atoms with Crippen molar-refractivity contribution < 1.29 is 22.8 Å². The molecule has 1 atom stereocenters. The summed E-state index contributed by atoms with van der Waals surface area (Å²) in [5.74, 6) is -1.26. The van der Waals surface area contributed by atoms with Crippen molar-refractivity contribution in [1.82, 2.24) is 14.5 Å². The number of unbranched alkanes of at least 4 members (excludes halogenated alkanes) is 1. The van der Waals surface area contributed by atoms with Crippen molar-refractivity contribution in [2.24, 2.45) is 0 Å². The van der Waals surface area contributed by atoms with Crippen LogP contribution in [0, 0.1) is 6.92 Å². The molecule has 1 N–H and O–H groups in total. The molecule has 1 aliphatic heterocycles. The maximum atomic E-state index is 13.4. The number of carbonyl (C=O) groups excluding carboxylic acids is 3. The Kier molecular flexibility index (Phi) is 8.67. The summed E-state index contributed by atoms with van der Waals surface area (Å²) >= 11 is 0. The number of fused-ring (bicyclic) bond motifs is 1. The Balaban J connectivity index is 1.80. The molecule has 0 saturated carbocycles.